The van der Waals surface area contributed by atoms with Gasteiger partial charge in [0.25, 0.3) is 0 Å². The molecule has 4 rings (SSSR count). The Morgan fingerprint density at radius 3 is 2.85 bits per heavy atom. The predicted octanol–water partition coefficient (Wildman–Crippen LogP) is 5.30. The number of furan rings is 1. The lowest BCUT2D eigenvalue weighted by Crippen LogP contribution is -2.05. The third kappa shape index (κ3) is 4.32. The first kappa shape index (κ1) is 18.0. The van der Waals surface area contributed by atoms with Crippen molar-refractivity contribution in [3.05, 3.63) is 77.7 Å². The van der Waals surface area contributed by atoms with Gasteiger partial charge >= 0.3 is 0 Å². The molecule has 136 valence electrons. The van der Waals surface area contributed by atoms with E-state index in [4.69, 9.17) is 16.0 Å². The molecule has 0 amide bonds. The van der Waals surface area contributed by atoms with E-state index in [2.05, 4.69) is 14.7 Å². The number of hydrogen-bond acceptors (Lipinski definition) is 5. The summed E-state index contributed by atoms with van der Waals surface area (Å²) in [7, 11) is -1.57. The fraction of sp³-hybridized carbons (Fsp3) is 0.0526. The van der Waals surface area contributed by atoms with Crippen molar-refractivity contribution in [2.75, 3.05) is 4.72 Å². The van der Waals surface area contributed by atoms with Gasteiger partial charge in [-0.3, -0.25) is 9.71 Å². The van der Waals surface area contributed by atoms with E-state index in [1.165, 1.54) is 11.8 Å². The number of thioether (sulfide) groups is 1. The topological polar surface area (TPSA) is 68.0 Å². The molecule has 0 saturated heterocycles. The molecule has 0 bridgehead atoms. The van der Waals surface area contributed by atoms with Crippen molar-refractivity contribution in [3.8, 4) is 0 Å². The van der Waals surface area contributed by atoms with Crippen molar-refractivity contribution in [1.29, 1.82) is 0 Å². The number of nitrogens with zero attached hydrogens (tertiary/aromatic N) is 2. The van der Waals surface area contributed by atoms with Gasteiger partial charge in [0.2, 0.25) is 5.09 Å². The molecule has 1 atom stereocenters. The van der Waals surface area contributed by atoms with Crippen LogP contribution in [-0.4, -0.2) is 14.2 Å². The Labute approximate surface area is 167 Å². The molecule has 0 saturated carbocycles. The van der Waals surface area contributed by atoms with Crippen LogP contribution < -0.4 is 4.72 Å². The van der Waals surface area contributed by atoms with Crippen LogP contribution in [0.15, 0.2) is 81.7 Å². The molecule has 0 aliphatic heterocycles. The number of aromatic nitrogens is 2. The number of pyridine rings is 2. The predicted molar refractivity (Wildman–Crippen MR) is 109 cm³/mol. The summed E-state index contributed by atoms with van der Waals surface area (Å²) in [5.41, 5.74) is 2.36. The molecule has 3 heterocycles. The third-order valence-electron chi connectivity index (χ3n) is 3.70. The molecule has 8 heteroatoms. The average molecular weight is 416 g/mol. The second-order valence-electron chi connectivity index (χ2n) is 5.63. The summed E-state index contributed by atoms with van der Waals surface area (Å²) in [4.78, 5) is 8.48. The maximum Gasteiger partial charge on any atom is 0.212 e. The molecule has 27 heavy (non-hydrogen) atoms. The van der Waals surface area contributed by atoms with Gasteiger partial charge in [0.05, 0.1) is 10.7 Å². The maximum atomic E-state index is 12.7. The summed E-state index contributed by atoms with van der Waals surface area (Å²) in [5, 5.41) is 2.41. The van der Waals surface area contributed by atoms with E-state index in [-0.39, 0.29) is 0 Å². The van der Waals surface area contributed by atoms with Crippen molar-refractivity contribution in [2.45, 2.75) is 15.9 Å². The minimum atomic E-state index is -1.57. The SMILES string of the molecule is O=S(Nc1cc(Cl)cnc1SCc1cccnc1)c1cc2ccccc2o1. The van der Waals surface area contributed by atoms with Gasteiger partial charge in [0.15, 0.2) is 11.0 Å². The quantitative estimate of drug-likeness (QED) is 0.432. The van der Waals surface area contributed by atoms with Gasteiger partial charge in [-0.1, -0.05) is 47.6 Å². The molecule has 0 aliphatic rings. The molecule has 5 nitrogen and oxygen atoms in total. The number of nitrogens with one attached hydrogen (secondary N) is 1. The number of para-hydroxylation sites is 1. The van der Waals surface area contributed by atoms with E-state index in [0.29, 0.717) is 32.2 Å². The number of fused-ring (bicyclic) bond motifs is 1. The van der Waals surface area contributed by atoms with Gasteiger partial charge in [0, 0.05) is 35.8 Å². The van der Waals surface area contributed by atoms with Crippen molar-refractivity contribution in [2.24, 2.45) is 0 Å². The van der Waals surface area contributed by atoms with Crippen LogP contribution in [0.2, 0.25) is 5.02 Å². The van der Waals surface area contributed by atoms with Crippen LogP contribution in [0.1, 0.15) is 5.56 Å². The molecular formula is C19H14ClN3O2S2. The lowest BCUT2D eigenvalue weighted by molar-refractivity contribution is 0.504. The summed E-state index contributed by atoms with van der Waals surface area (Å²) in [6, 6.07) is 14.9. The normalized spacial score (nSPS) is 12.2. The van der Waals surface area contributed by atoms with Crippen molar-refractivity contribution < 1.29 is 8.63 Å². The lowest BCUT2D eigenvalue weighted by Gasteiger charge is -2.10. The number of rotatable bonds is 6. The van der Waals surface area contributed by atoms with Crippen LogP contribution >= 0.6 is 23.4 Å². The van der Waals surface area contributed by atoms with Crippen molar-refractivity contribution >= 4 is 51.0 Å². The second-order valence-corrected chi connectivity index (χ2v) is 8.17. The Morgan fingerprint density at radius 1 is 1.15 bits per heavy atom. The van der Waals surface area contributed by atoms with Crippen LogP contribution in [0.25, 0.3) is 11.0 Å². The standard InChI is InChI=1S/C19H14ClN3O2S2/c20-15-9-16(19(22-11-15)26-12-13-4-3-7-21-10-13)23-27(24)18-8-14-5-1-2-6-17(14)25-18/h1-11,23H,12H2. The van der Waals surface area contributed by atoms with Gasteiger partial charge in [-0.05, 0) is 23.8 Å². The smallest absolute Gasteiger partial charge is 0.212 e. The monoisotopic (exact) mass is 415 g/mol. The van der Waals surface area contributed by atoms with Gasteiger partial charge in [0.1, 0.15) is 10.6 Å². The highest BCUT2D eigenvalue weighted by Gasteiger charge is 2.14. The highest BCUT2D eigenvalue weighted by Crippen LogP contribution is 2.31. The Hall–Kier alpha value is -2.35. The Balaban J connectivity index is 1.55. The zero-order valence-corrected chi connectivity index (χ0v) is 16.4. The molecule has 0 spiro atoms. The minimum absolute atomic E-state index is 0.347. The van der Waals surface area contributed by atoms with Crippen LogP contribution in [0.3, 0.4) is 0 Å². The summed E-state index contributed by atoms with van der Waals surface area (Å²) < 4.78 is 21.4. The van der Waals surface area contributed by atoms with Crippen molar-refractivity contribution in [1.82, 2.24) is 9.97 Å². The zero-order valence-electron chi connectivity index (χ0n) is 14.0. The van der Waals surface area contributed by atoms with Crippen LogP contribution in [-0.2, 0) is 16.7 Å². The summed E-state index contributed by atoms with van der Waals surface area (Å²) in [6.45, 7) is 0. The Bertz CT molecular complexity index is 1070. The number of halogens is 1. The fourth-order valence-electron chi connectivity index (χ4n) is 2.45. The second kappa shape index (κ2) is 8.12. The lowest BCUT2D eigenvalue weighted by atomic mass is 10.3. The van der Waals surface area contributed by atoms with E-state index >= 15 is 0 Å². The average Bonchev–Trinajstić information content (AvgIpc) is 3.13. The van der Waals surface area contributed by atoms with Gasteiger partial charge in [-0.25, -0.2) is 9.19 Å². The summed E-state index contributed by atoms with van der Waals surface area (Å²) in [6.07, 6.45) is 5.11. The van der Waals surface area contributed by atoms with Crippen LogP contribution in [0, 0.1) is 0 Å². The van der Waals surface area contributed by atoms with Gasteiger partial charge in [-0.2, -0.15) is 0 Å². The maximum absolute atomic E-state index is 12.7. The molecule has 0 radical (unpaired) electrons. The number of anilines is 1. The molecule has 4 aromatic rings. The zero-order chi connectivity index (χ0) is 18.6. The van der Waals surface area contributed by atoms with E-state index < -0.39 is 11.0 Å². The van der Waals surface area contributed by atoms with E-state index in [1.807, 2.05) is 42.6 Å². The van der Waals surface area contributed by atoms with Gasteiger partial charge in [-0.15, -0.1) is 0 Å². The Kier molecular flexibility index (Phi) is 5.42. The highest BCUT2D eigenvalue weighted by molar-refractivity contribution is 7.98. The molecular weight excluding hydrogens is 402 g/mol. The Morgan fingerprint density at radius 2 is 2.04 bits per heavy atom. The molecule has 1 N–H and O–H groups in total. The van der Waals surface area contributed by atoms with E-state index in [1.54, 1.807) is 24.5 Å². The number of hydrogen-bond donors (Lipinski definition) is 1. The van der Waals surface area contributed by atoms with Gasteiger partial charge < -0.3 is 4.42 Å². The highest BCUT2D eigenvalue weighted by atomic mass is 35.5. The molecule has 1 aromatic carbocycles. The first-order chi connectivity index (χ1) is 13.2. The summed E-state index contributed by atoms with van der Waals surface area (Å²) in [5.74, 6) is 0.689. The third-order valence-corrected chi connectivity index (χ3v) is 5.96. The number of benzene rings is 1. The minimum Gasteiger partial charge on any atom is -0.445 e. The summed E-state index contributed by atoms with van der Waals surface area (Å²) >= 11 is 7.60. The largest absolute Gasteiger partial charge is 0.445 e. The molecule has 3 aromatic heterocycles. The fourth-order valence-corrected chi connectivity index (χ4v) is 4.39. The molecule has 0 aliphatic carbocycles. The van der Waals surface area contributed by atoms with Crippen LogP contribution in [0.4, 0.5) is 5.69 Å². The van der Waals surface area contributed by atoms with Crippen LogP contribution in [0.5, 0.6) is 0 Å². The first-order valence-electron chi connectivity index (χ1n) is 8.03. The van der Waals surface area contributed by atoms with Crippen molar-refractivity contribution in [3.63, 3.8) is 0 Å². The molecule has 0 fully saturated rings. The first-order valence-corrected chi connectivity index (χ1v) is 10.5. The van der Waals surface area contributed by atoms with E-state index in [9.17, 15) is 4.21 Å². The molecule has 1 unspecified atom stereocenters. The van der Waals surface area contributed by atoms with E-state index in [0.717, 1.165) is 10.9 Å².